The van der Waals surface area contributed by atoms with Crippen LogP contribution in [0.2, 0.25) is 0 Å². The number of ether oxygens (including phenoxy) is 1. The lowest BCUT2D eigenvalue weighted by atomic mass is 10.2. The number of aryl methyl sites for hydroxylation is 1. The number of carbonyl (C=O) groups excluding carboxylic acids is 1. The molecule has 3 aromatic carbocycles. The Kier molecular flexibility index (Phi) is 7.31. The van der Waals surface area contributed by atoms with E-state index in [0.717, 1.165) is 14.2 Å². The highest BCUT2D eigenvalue weighted by molar-refractivity contribution is 7.92. The van der Waals surface area contributed by atoms with E-state index in [1.54, 1.807) is 55.5 Å². The van der Waals surface area contributed by atoms with Crippen LogP contribution in [0, 0.1) is 6.92 Å². The number of benzene rings is 3. The average Bonchev–Trinajstić information content (AvgIpc) is 3.31. The quantitative estimate of drug-likeness (QED) is 0.433. The fraction of sp³-hybridized carbons (Fsp3) is 0.269. The van der Waals surface area contributed by atoms with E-state index in [0.29, 0.717) is 35.7 Å². The van der Waals surface area contributed by atoms with Crippen LogP contribution in [-0.4, -0.2) is 61.3 Å². The van der Waals surface area contributed by atoms with Crippen LogP contribution in [0.4, 0.5) is 11.4 Å². The van der Waals surface area contributed by atoms with Gasteiger partial charge in [0.15, 0.2) is 0 Å². The largest absolute Gasteiger partial charge is 0.496 e. The minimum absolute atomic E-state index is 0.0443. The van der Waals surface area contributed by atoms with Gasteiger partial charge in [0, 0.05) is 26.3 Å². The molecular weight excluding hydrogens is 514 g/mol. The van der Waals surface area contributed by atoms with E-state index in [9.17, 15) is 21.6 Å². The first-order valence-corrected chi connectivity index (χ1v) is 14.4. The number of anilines is 2. The number of hydrogen-bond donors (Lipinski definition) is 0. The first kappa shape index (κ1) is 26.6. The van der Waals surface area contributed by atoms with Gasteiger partial charge in [-0.1, -0.05) is 18.2 Å². The number of carbonyl (C=O) groups is 1. The second-order valence-corrected chi connectivity index (χ2v) is 12.9. The summed E-state index contributed by atoms with van der Waals surface area (Å²) in [6.07, 6.45) is 0.466. The molecule has 1 heterocycles. The summed E-state index contributed by atoms with van der Waals surface area (Å²) in [6.45, 7) is 1.65. The highest BCUT2D eigenvalue weighted by Gasteiger charge is 2.32. The summed E-state index contributed by atoms with van der Waals surface area (Å²) in [6, 6.07) is 17.7. The lowest BCUT2D eigenvalue weighted by molar-refractivity contribution is -0.117. The molecule has 0 fully saturated rings. The third-order valence-electron chi connectivity index (χ3n) is 6.30. The van der Waals surface area contributed by atoms with Crippen LogP contribution in [0.1, 0.15) is 11.1 Å². The Bertz CT molecular complexity index is 1540. The minimum atomic E-state index is -4.09. The predicted octanol–water partition coefficient (Wildman–Crippen LogP) is 3.04. The molecule has 0 aromatic heterocycles. The van der Waals surface area contributed by atoms with Gasteiger partial charge in [-0.2, -0.15) is 0 Å². The van der Waals surface area contributed by atoms with E-state index in [1.165, 1.54) is 44.3 Å². The topological polar surface area (TPSA) is 104 Å². The van der Waals surface area contributed by atoms with Crippen molar-refractivity contribution in [2.45, 2.75) is 23.1 Å². The summed E-state index contributed by atoms with van der Waals surface area (Å²) in [5, 5.41) is 0. The molecule has 0 atom stereocenters. The first-order valence-electron chi connectivity index (χ1n) is 11.5. The van der Waals surface area contributed by atoms with Gasteiger partial charge >= 0.3 is 0 Å². The van der Waals surface area contributed by atoms with Crippen LogP contribution in [0.3, 0.4) is 0 Å². The van der Waals surface area contributed by atoms with Gasteiger partial charge in [-0.05, 0) is 73.0 Å². The molecule has 0 radical (unpaired) electrons. The second kappa shape index (κ2) is 10.2. The van der Waals surface area contributed by atoms with Gasteiger partial charge in [0.2, 0.25) is 15.9 Å². The molecule has 37 heavy (non-hydrogen) atoms. The molecule has 0 bridgehead atoms. The number of fused-ring (bicyclic) bond motifs is 1. The zero-order valence-electron chi connectivity index (χ0n) is 21.1. The van der Waals surface area contributed by atoms with Crippen molar-refractivity contribution < 1.29 is 26.4 Å². The van der Waals surface area contributed by atoms with Crippen molar-refractivity contribution in [3.8, 4) is 5.75 Å². The van der Waals surface area contributed by atoms with Crippen molar-refractivity contribution in [3.05, 3.63) is 77.9 Å². The fourth-order valence-corrected chi connectivity index (χ4v) is 6.72. The lowest BCUT2D eigenvalue weighted by Crippen LogP contribution is -2.42. The normalized spacial score (nSPS) is 13.5. The van der Waals surface area contributed by atoms with E-state index >= 15 is 0 Å². The maximum atomic E-state index is 13.7. The Morgan fingerprint density at radius 3 is 2.19 bits per heavy atom. The molecule has 0 unspecified atom stereocenters. The van der Waals surface area contributed by atoms with Gasteiger partial charge in [0.1, 0.15) is 12.3 Å². The van der Waals surface area contributed by atoms with Gasteiger partial charge in [-0.25, -0.2) is 21.1 Å². The van der Waals surface area contributed by atoms with Gasteiger partial charge in [0.05, 0.1) is 22.6 Å². The zero-order chi connectivity index (χ0) is 27.0. The summed E-state index contributed by atoms with van der Waals surface area (Å²) in [4.78, 5) is 15.2. The molecule has 1 aliphatic heterocycles. The summed E-state index contributed by atoms with van der Waals surface area (Å²) in [5.41, 5.74) is 2.31. The monoisotopic (exact) mass is 543 g/mol. The summed E-state index contributed by atoms with van der Waals surface area (Å²) in [7, 11) is -3.28. The van der Waals surface area contributed by atoms with E-state index in [4.69, 9.17) is 4.74 Å². The molecule has 9 nitrogen and oxygen atoms in total. The molecular formula is C26H29N3O6S2. The maximum absolute atomic E-state index is 13.7. The van der Waals surface area contributed by atoms with Gasteiger partial charge in [-0.3, -0.25) is 9.10 Å². The predicted molar refractivity (Wildman–Crippen MR) is 142 cm³/mol. The van der Waals surface area contributed by atoms with E-state index in [1.807, 2.05) is 0 Å². The van der Waals surface area contributed by atoms with Crippen LogP contribution in [0.25, 0.3) is 0 Å². The third kappa shape index (κ3) is 5.07. The van der Waals surface area contributed by atoms with Crippen molar-refractivity contribution in [2.24, 2.45) is 0 Å². The molecule has 0 aliphatic carbocycles. The molecule has 3 aromatic rings. The summed E-state index contributed by atoms with van der Waals surface area (Å²) in [5.74, 6) is 0.144. The molecule has 0 saturated heterocycles. The fourth-order valence-electron chi connectivity index (χ4n) is 4.26. The maximum Gasteiger partial charge on any atom is 0.264 e. The van der Waals surface area contributed by atoms with Crippen molar-refractivity contribution in [3.63, 3.8) is 0 Å². The van der Waals surface area contributed by atoms with E-state index in [-0.39, 0.29) is 9.79 Å². The average molecular weight is 544 g/mol. The van der Waals surface area contributed by atoms with E-state index in [2.05, 4.69) is 0 Å². The van der Waals surface area contributed by atoms with E-state index < -0.39 is 32.5 Å². The molecule has 196 valence electrons. The van der Waals surface area contributed by atoms with Crippen LogP contribution < -0.4 is 13.9 Å². The molecule has 0 N–H and O–H groups in total. The number of hydrogen-bond acceptors (Lipinski definition) is 6. The van der Waals surface area contributed by atoms with Crippen molar-refractivity contribution >= 4 is 37.3 Å². The molecule has 0 saturated carbocycles. The van der Waals surface area contributed by atoms with Gasteiger partial charge < -0.3 is 9.64 Å². The number of sulfonamides is 2. The number of rotatable bonds is 8. The van der Waals surface area contributed by atoms with Crippen molar-refractivity contribution in [2.75, 3.05) is 43.5 Å². The molecule has 0 spiro atoms. The SMILES string of the molecule is COc1ccc(S(=O)(=O)N(CC(=O)N2CCc3cc(S(=O)(=O)N(C)C)ccc32)c2ccccc2)cc1C. The van der Waals surface area contributed by atoms with Gasteiger partial charge in [0.25, 0.3) is 10.0 Å². The van der Waals surface area contributed by atoms with Crippen LogP contribution in [0.5, 0.6) is 5.75 Å². The standard InChI is InChI=1S/C26H29N3O6S2/c1-19-16-22(11-13-25(19)35-4)37(33,34)29(21-8-6-5-7-9-21)18-26(30)28-15-14-20-17-23(10-12-24(20)28)36(31,32)27(2)3/h5-13,16-17H,14-15,18H2,1-4H3. The second-order valence-electron chi connectivity index (χ2n) is 8.85. The summed E-state index contributed by atoms with van der Waals surface area (Å²) < 4.78 is 60.0. The molecule has 11 heteroatoms. The number of para-hydroxylation sites is 1. The minimum Gasteiger partial charge on any atom is -0.496 e. The number of nitrogens with zero attached hydrogens (tertiary/aromatic N) is 3. The number of methoxy groups -OCH3 is 1. The van der Waals surface area contributed by atoms with Crippen LogP contribution in [0.15, 0.2) is 76.5 Å². The Labute approximate surface area is 218 Å². The smallest absolute Gasteiger partial charge is 0.264 e. The Morgan fingerprint density at radius 1 is 0.919 bits per heavy atom. The van der Waals surface area contributed by atoms with Crippen molar-refractivity contribution in [1.82, 2.24) is 4.31 Å². The summed E-state index contributed by atoms with van der Waals surface area (Å²) >= 11 is 0. The van der Waals surface area contributed by atoms with Crippen LogP contribution in [-0.2, 0) is 31.3 Å². The molecule has 1 aliphatic rings. The molecule has 4 rings (SSSR count). The number of amides is 1. The zero-order valence-corrected chi connectivity index (χ0v) is 22.7. The van der Waals surface area contributed by atoms with Crippen LogP contribution >= 0.6 is 0 Å². The highest BCUT2D eigenvalue weighted by Crippen LogP contribution is 2.32. The Hall–Kier alpha value is -3.41. The third-order valence-corrected chi connectivity index (χ3v) is 9.88. The van der Waals surface area contributed by atoms with Crippen molar-refractivity contribution in [1.29, 1.82) is 0 Å². The Morgan fingerprint density at radius 2 is 1.57 bits per heavy atom. The van der Waals surface area contributed by atoms with Gasteiger partial charge in [-0.15, -0.1) is 0 Å². The molecule has 1 amide bonds. The first-order chi connectivity index (χ1) is 17.5. The highest BCUT2D eigenvalue weighted by atomic mass is 32.2. The lowest BCUT2D eigenvalue weighted by Gasteiger charge is -2.27. The Balaban J connectivity index is 1.67.